The lowest BCUT2D eigenvalue weighted by atomic mass is 10.0. The zero-order valence-electron chi connectivity index (χ0n) is 6.85. The minimum absolute atomic E-state index is 0.0940. The van der Waals surface area contributed by atoms with Crippen LogP contribution in [-0.4, -0.2) is 17.6 Å². The molecule has 70 valence electrons. The first kappa shape index (κ1) is 8.29. The number of aromatic hydroxyl groups is 1. The Morgan fingerprint density at radius 2 is 2.15 bits per heavy atom. The second-order valence-corrected chi connectivity index (χ2v) is 3.23. The Kier molecular flexibility index (Phi) is 1.65. The molecule has 1 aliphatic heterocycles. The van der Waals surface area contributed by atoms with E-state index in [0.717, 1.165) is 0 Å². The van der Waals surface area contributed by atoms with Gasteiger partial charge < -0.3 is 10.4 Å². The maximum atomic E-state index is 12.9. The molecule has 2 rings (SSSR count). The number of anilines is 1. The third-order valence-electron chi connectivity index (χ3n) is 2.08. The fraction of sp³-hybridized carbons (Fsp3) is 0.333. The van der Waals surface area contributed by atoms with E-state index in [1.54, 1.807) is 0 Å². The summed E-state index contributed by atoms with van der Waals surface area (Å²) in [5, 5.41) is 11.7. The van der Waals surface area contributed by atoms with Crippen LogP contribution in [0.1, 0.15) is 5.56 Å². The molecule has 4 heteroatoms. The third-order valence-corrected chi connectivity index (χ3v) is 2.08. The molecular weight excluding hydrogens is 176 g/mol. The van der Waals surface area contributed by atoms with Gasteiger partial charge in [-0.1, -0.05) is 6.07 Å². The number of benzene rings is 1. The van der Waals surface area contributed by atoms with Crippen LogP contribution in [0.4, 0.5) is 14.5 Å². The van der Waals surface area contributed by atoms with Gasteiger partial charge in [0, 0.05) is 18.2 Å². The third kappa shape index (κ3) is 1.56. The van der Waals surface area contributed by atoms with Gasteiger partial charge in [0.1, 0.15) is 5.75 Å². The molecule has 0 aromatic heterocycles. The largest absolute Gasteiger partial charge is 0.508 e. The van der Waals surface area contributed by atoms with E-state index in [1.165, 1.54) is 18.2 Å². The van der Waals surface area contributed by atoms with E-state index in [9.17, 15) is 8.78 Å². The minimum Gasteiger partial charge on any atom is -0.508 e. The van der Waals surface area contributed by atoms with Gasteiger partial charge in [-0.05, 0) is 11.6 Å². The van der Waals surface area contributed by atoms with Crippen molar-refractivity contribution in [2.45, 2.75) is 12.3 Å². The predicted molar refractivity (Wildman–Crippen MR) is 45.2 cm³/mol. The summed E-state index contributed by atoms with van der Waals surface area (Å²) in [6.07, 6.45) is -0.254. The Morgan fingerprint density at radius 3 is 2.92 bits per heavy atom. The lowest BCUT2D eigenvalue weighted by molar-refractivity contribution is 0.0129. The zero-order valence-corrected chi connectivity index (χ0v) is 6.85. The highest BCUT2D eigenvalue weighted by molar-refractivity contribution is 5.57. The molecular formula is C9H9F2NO. The number of nitrogens with one attached hydrogen (secondary N) is 1. The second kappa shape index (κ2) is 2.58. The molecule has 0 unspecified atom stereocenters. The van der Waals surface area contributed by atoms with Gasteiger partial charge in [-0.2, -0.15) is 0 Å². The quantitative estimate of drug-likeness (QED) is 0.647. The fourth-order valence-corrected chi connectivity index (χ4v) is 1.45. The van der Waals surface area contributed by atoms with Crippen molar-refractivity contribution in [3.8, 4) is 5.75 Å². The highest BCUT2D eigenvalue weighted by Crippen LogP contribution is 2.32. The van der Waals surface area contributed by atoms with E-state index in [-0.39, 0.29) is 18.7 Å². The molecule has 1 aliphatic rings. The molecule has 0 spiro atoms. The predicted octanol–water partition coefficient (Wildman–Crippen LogP) is 2.00. The lowest BCUT2D eigenvalue weighted by Gasteiger charge is -2.25. The van der Waals surface area contributed by atoms with Crippen molar-refractivity contribution in [3.63, 3.8) is 0 Å². The number of phenolic OH excluding ortho intramolecular Hbond substituents is 1. The van der Waals surface area contributed by atoms with Crippen LogP contribution < -0.4 is 5.32 Å². The summed E-state index contributed by atoms with van der Waals surface area (Å²) in [5.74, 6) is -2.58. The average molecular weight is 185 g/mol. The average Bonchev–Trinajstić information content (AvgIpc) is 2.05. The van der Waals surface area contributed by atoms with Gasteiger partial charge in [0.2, 0.25) is 0 Å². The number of hydrogen-bond donors (Lipinski definition) is 2. The maximum Gasteiger partial charge on any atom is 0.269 e. The first-order valence-corrected chi connectivity index (χ1v) is 4.00. The molecule has 1 aromatic carbocycles. The molecule has 0 fully saturated rings. The van der Waals surface area contributed by atoms with Crippen LogP contribution >= 0.6 is 0 Å². The van der Waals surface area contributed by atoms with E-state index in [4.69, 9.17) is 5.11 Å². The van der Waals surface area contributed by atoms with Crippen molar-refractivity contribution in [2.24, 2.45) is 0 Å². The molecule has 1 heterocycles. The Labute approximate surface area is 74.2 Å². The van der Waals surface area contributed by atoms with Crippen LogP contribution in [0, 0.1) is 0 Å². The van der Waals surface area contributed by atoms with Crippen LogP contribution in [0.5, 0.6) is 5.75 Å². The molecule has 2 N–H and O–H groups in total. The summed E-state index contributed by atoms with van der Waals surface area (Å²) in [7, 11) is 0. The minimum atomic E-state index is -2.68. The number of phenols is 1. The van der Waals surface area contributed by atoms with Gasteiger partial charge in [0.25, 0.3) is 5.92 Å². The van der Waals surface area contributed by atoms with Gasteiger partial charge in [0.05, 0.1) is 6.54 Å². The van der Waals surface area contributed by atoms with Gasteiger partial charge in [-0.3, -0.25) is 0 Å². The number of alkyl halides is 2. The zero-order chi connectivity index (χ0) is 9.47. The highest BCUT2D eigenvalue weighted by Gasteiger charge is 2.33. The highest BCUT2D eigenvalue weighted by atomic mass is 19.3. The molecule has 0 amide bonds. The molecule has 0 saturated heterocycles. The SMILES string of the molecule is Oc1ccc2c(c1)NCC(F)(F)C2. The molecule has 13 heavy (non-hydrogen) atoms. The molecule has 0 aliphatic carbocycles. The maximum absolute atomic E-state index is 12.9. The Hall–Kier alpha value is -1.32. The molecule has 2 nitrogen and oxygen atoms in total. The Bertz CT molecular complexity index is 338. The van der Waals surface area contributed by atoms with E-state index >= 15 is 0 Å². The van der Waals surface area contributed by atoms with Gasteiger partial charge in [0.15, 0.2) is 0 Å². The lowest BCUT2D eigenvalue weighted by Crippen LogP contribution is -2.34. The van der Waals surface area contributed by atoms with E-state index in [1.807, 2.05) is 0 Å². The van der Waals surface area contributed by atoms with Crippen LogP contribution in [0.3, 0.4) is 0 Å². The first-order chi connectivity index (χ1) is 6.07. The summed E-state index contributed by atoms with van der Waals surface area (Å²) in [4.78, 5) is 0. The van der Waals surface area contributed by atoms with Crippen LogP contribution in [0.15, 0.2) is 18.2 Å². The number of rotatable bonds is 0. The Morgan fingerprint density at radius 1 is 1.38 bits per heavy atom. The Balaban J connectivity index is 2.37. The second-order valence-electron chi connectivity index (χ2n) is 3.23. The topological polar surface area (TPSA) is 32.3 Å². The molecule has 1 aromatic rings. The van der Waals surface area contributed by atoms with E-state index in [2.05, 4.69) is 5.32 Å². The number of hydrogen-bond acceptors (Lipinski definition) is 2. The standard InChI is InChI=1S/C9H9F2NO/c10-9(11)4-6-1-2-7(13)3-8(6)12-5-9/h1-3,12-13H,4-5H2. The summed E-state index contributed by atoms with van der Waals surface area (Å²) in [6, 6.07) is 4.40. The number of halogens is 2. The molecule has 0 bridgehead atoms. The molecule has 0 saturated carbocycles. The van der Waals surface area contributed by atoms with Crippen LogP contribution in [0.25, 0.3) is 0 Å². The van der Waals surface area contributed by atoms with Crippen LogP contribution in [-0.2, 0) is 6.42 Å². The van der Waals surface area contributed by atoms with Crippen molar-refractivity contribution in [1.29, 1.82) is 0 Å². The smallest absolute Gasteiger partial charge is 0.269 e. The van der Waals surface area contributed by atoms with Crippen molar-refractivity contribution in [1.82, 2.24) is 0 Å². The normalized spacial score (nSPS) is 18.9. The van der Waals surface area contributed by atoms with Gasteiger partial charge in [-0.15, -0.1) is 0 Å². The summed E-state index contributed by atoms with van der Waals surface area (Å²) < 4.78 is 25.7. The van der Waals surface area contributed by atoms with Crippen molar-refractivity contribution < 1.29 is 13.9 Å². The fourth-order valence-electron chi connectivity index (χ4n) is 1.45. The van der Waals surface area contributed by atoms with Crippen molar-refractivity contribution in [3.05, 3.63) is 23.8 Å². The van der Waals surface area contributed by atoms with Crippen molar-refractivity contribution in [2.75, 3.05) is 11.9 Å². The van der Waals surface area contributed by atoms with Crippen molar-refractivity contribution >= 4 is 5.69 Å². The van der Waals surface area contributed by atoms with Crippen LogP contribution in [0.2, 0.25) is 0 Å². The summed E-state index contributed by atoms with van der Waals surface area (Å²) in [6.45, 7) is -0.358. The van der Waals surface area contributed by atoms with E-state index in [0.29, 0.717) is 11.3 Å². The molecule has 0 radical (unpaired) electrons. The first-order valence-electron chi connectivity index (χ1n) is 4.00. The monoisotopic (exact) mass is 185 g/mol. The summed E-state index contributed by atoms with van der Waals surface area (Å²) in [5.41, 5.74) is 1.15. The van der Waals surface area contributed by atoms with Gasteiger partial charge >= 0.3 is 0 Å². The van der Waals surface area contributed by atoms with E-state index < -0.39 is 5.92 Å². The molecule has 0 atom stereocenters. The number of fused-ring (bicyclic) bond motifs is 1. The van der Waals surface area contributed by atoms with Gasteiger partial charge in [-0.25, -0.2) is 8.78 Å². The summed E-state index contributed by atoms with van der Waals surface area (Å²) >= 11 is 0.